The van der Waals surface area contributed by atoms with E-state index in [1.807, 2.05) is 31.2 Å². The highest BCUT2D eigenvalue weighted by Crippen LogP contribution is 2.22. The van der Waals surface area contributed by atoms with Crippen molar-refractivity contribution in [1.29, 1.82) is 0 Å². The zero-order valence-corrected chi connectivity index (χ0v) is 15.5. The zero-order chi connectivity index (χ0) is 17.5. The van der Waals surface area contributed by atoms with Crippen LogP contribution in [0.1, 0.15) is 32.4 Å². The summed E-state index contributed by atoms with van der Waals surface area (Å²) in [5, 5.41) is 6.63. The molecule has 2 unspecified atom stereocenters. The summed E-state index contributed by atoms with van der Waals surface area (Å²) in [5.41, 5.74) is 0.919. The number of carbonyl (C=O) groups excluding carboxylic acids is 1. The van der Waals surface area contributed by atoms with E-state index in [0.29, 0.717) is 23.5 Å². The second-order valence-electron chi connectivity index (χ2n) is 6.56. The Kier molecular flexibility index (Phi) is 7.34. The topological polar surface area (TPSA) is 53.6 Å². The van der Waals surface area contributed by atoms with Gasteiger partial charge in [-0.15, -0.1) is 0 Å². The van der Waals surface area contributed by atoms with Crippen LogP contribution in [-0.2, 0) is 4.74 Å². The van der Waals surface area contributed by atoms with Crippen molar-refractivity contribution in [2.45, 2.75) is 32.9 Å². The average Bonchev–Trinajstić information content (AvgIpc) is 2.56. The second kappa shape index (κ2) is 9.25. The van der Waals surface area contributed by atoms with Gasteiger partial charge in [0.05, 0.1) is 19.3 Å². The average molecular weight is 354 g/mol. The number of morpholine rings is 1. The van der Waals surface area contributed by atoms with E-state index in [9.17, 15) is 4.79 Å². The first kappa shape index (κ1) is 19.0. The molecule has 0 bridgehead atoms. The lowest BCUT2D eigenvalue weighted by molar-refractivity contribution is 0.00718. The minimum atomic E-state index is -0.165. The Morgan fingerprint density at radius 2 is 1.92 bits per heavy atom. The Bertz CT molecular complexity index is 533. The number of urea groups is 1. The number of benzene rings is 1. The molecule has 0 aliphatic carbocycles. The molecule has 134 valence electrons. The largest absolute Gasteiger partial charge is 0.379 e. The molecule has 1 fully saturated rings. The number of hydrogen-bond donors (Lipinski definition) is 2. The first-order valence-corrected chi connectivity index (χ1v) is 8.97. The van der Waals surface area contributed by atoms with Crippen LogP contribution in [0.4, 0.5) is 4.79 Å². The summed E-state index contributed by atoms with van der Waals surface area (Å²) in [7, 11) is 0. The maximum atomic E-state index is 12.2. The van der Waals surface area contributed by atoms with E-state index >= 15 is 0 Å². The number of nitrogens with zero attached hydrogens (tertiary/aromatic N) is 1. The van der Waals surface area contributed by atoms with Gasteiger partial charge in [-0.3, -0.25) is 4.90 Å². The molecule has 24 heavy (non-hydrogen) atoms. The lowest BCUT2D eigenvalue weighted by Crippen LogP contribution is -2.52. The van der Waals surface area contributed by atoms with Crippen LogP contribution in [0.2, 0.25) is 5.02 Å². The van der Waals surface area contributed by atoms with Crippen LogP contribution in [0.15, 0.2) is 24.3 Å². The summed E-state index contributed by atoms with van der Waals surface area (Å²) in [4.78, 5) is 14.6. The lowest BCUT2D eigenvalue weighted by atomic mass is 10.0. The van der Waals surface area contributed by atoms with E-state index < -0.39 is 0 Å². The maximum Gasteiger partial charge on any atom is 0.315 e. The molecule has 1 aromatic carbocycles. The van der Waals surface area contributed by atoms with Gasteiger partial charge in [0.1, 0.15) is 0 Å². The first-order valence-electron chi connectivity index (χ1n) is 8.59. The van der Waals surface area contributed by atoms with E-state index in [0.717, 1.165) is 31.9 Å². The molecule has 6 heteroatoms. The molecule has 2 amide bonds. The fourth-order valence-electron chi connectivity index (χ4n) is 3.04. The van der Waals surface area contributed by atoms with Crippen LogP contribution in [0.3, 0.4) is 0 Å². The third-order valence-electron chi connectivity index (χ3n) is 4.48. The van der Waals surface area contributed by atoms with Gasteiger partial charge in [0, 0.05) is 30.7 Å². The van der Waals surface area contributed by atoms with Crippen molar-refractivity contribution in [2.24, 2.45) is 5.92 Å². The van der Waals surface area contributed by atoms with E-state index in [1.165, 1.54) is 0 Å². The van der Waals surface area contributed by atoms with Crippen LogP contribution in [0.5, 0.6) is 0 Å². The van der Waals surface area contributed by atoms with Gasteiger partial charge >= 0.3 is 6.03 Å². The van der Waals surface area contributed by atoms with Gasteiger partial charge in [-0.2, -0.15) is 0 Å². The van der Waals surface area contributed by atoms with Crippen molar-refractivity contribution in [3.8, 4) is 0 Å². The normalized spacial score (nSPS) is 18.2. The molecule has 0 radical (unpaired) electrons. The number of halogens is 1. The van der Waals surface area contributed by atoms with Crippen molar-refractivity contribution in [3.63, 3.8) is 0 Å². The molecule has 1 aliphatic heterocycles. The van der Waals surface area contributed by atoms with Gasteiger partial charge in [-0.1, -0.05) is 43.6 Å². The van der Waals surface area contributed by atoms with Gasteiger partial charge in [-0.05, 0) is 24.5 Å². The van der Waals surface area contributed by atoms with E-state index in [4.69, 9.17) is 16.3 Å². The van der Waals surface area contributed by atoms with Crippen molar-refractivity contribution in [3.05, 3.63) is 34.9 Å². The van der Waals surface area contributed by atoms with E-state index in [-0.39, 0.29) is 12.1 Å². The van der Waals surface area contributed by atoms with Crippen LogP contribution in [0, 0.1) is 5.92 Å². The Morgan fingerprint density at radius 1 is 1.25 bits per heavy atom. The molecule has 0 spiro atoms. The lowest BCUT2D eigenvalue weighted by Gasteiger charge is -2.37. The Morgan fingerprint density at radius 3 is 2.54 bits per heavy atom. The molecule has 1 heterocycles. The second-order valence-corrected chi connectivity index (χ2v) is 6.96. The van der Waals surface area contributed by atoms with Gasteiger partial charge < -0.3 is 15.4 Å². The molecule has 1 aliphatic rings. The summed E-state index contributed by atoms with van der Waals surface area (Å²) < 4.78 is 5.41. The Hall–Kier alpha value is -1.30. The fourth-order valence-corrected chi connectivity index (χ4v) is 3.34. The van der Waals surface area contributed by atoms with Crippen molar-refractivity contribution in [1.82, 2.24) is 15.5 Å². The summed E-state index contributed by atoms with van der Waals surface area (Å²) in [6.45, 7) is 10.3. The van der Waals surface area contributed by atoms with Crippen molar-refractivity contribution in [2.75, 3.05) is 32.8 Å². The van der Waals surface area contributed by atoms with E-state index in [1.54, 1.807) is 0 Å². The molecule has 1 aromatic rings. The molecule has 2 rings (SSSR count). The number of ether oxygens (including phenoxy) is 1. The van der Waals surface area contributed by atoms with Crippen molar-refractivity contribution < 1.29 is 9.53 Å². The molecule has 0 aromatic heterocycles. The molecule has 1 saturated heterocycles. The highest BCUT2D eigenvalue weighted by Gasteiger charge is 2.24. The maximum absolute atomic E-state index is 12.2. The van der Waals surface area contributed by atoms with Crippen LogP contribution in [0.25, 0.3) is 0 Å². The smallest absolute Gasteiger partial charge is 0.315 e. The molecule has 2 atom stereocenters. The minimum absolute atomic E-state index is 0.139. The summed E-state index contributed by atoms with van der Waals surface area (Å²) in [6.07, 6.45) is 0. The molecular formula is C18H28ClN3O2. The number of rotatable bonds is 6. The number of nitrogens with one attached hydrogen (secondary N) is 2. The minimum Gasteiger partial charge on any atom is -0.379 e. The summed E-state index contributed by atoms with van der Waals surface area (Å²) in [5.74, 6) is 0.462. The van der Waals surface area contributed by atoms with Gasteiger partial charge in [0.25, 0.3) is 0 Å². The standard InChI is InChI=1S/C18H28ClN3O2/c1-13(2)17(22-8-10-24-11-9-22)12-20-18(23)21-14(3)15-6-4-5-7-16(15)19/h4-7,13-14,17H,8-12H2,1-3H3,(H2,20,21,23). The first-order chi connectivity index (χ1) is 11.5. The van der Waals surface area contributed by atoms with Crippen molar-refractivity contribution >= 4 is 17.6 Å². The molecule has 0 saturated carbocycles. The number of hydrogen-bond acceptors (Lipinski definition) is 3. The zero-order valence-electron chi connectivity index (χ0n) is 14.7. The predicted octanol–water partition coefficient (Wildman–Crippen LogP) is 3.06. The SMILES string of the molecule is CC(NC(=O)NCC(C(C)C)N1CCOCC1)c1ccccc1Cl. The summed E-state index contributed by atoms with van der Waals surface area (Å²) in [6, 6.07) is 7.58. The summed E-state index contributed by atoms with van der Waals surface area (Å²) >= 11 is 6.18. The monoisotopic (exact) mass is 353 g/mol. The quantitative estimate of drug-likeness (QED) is 0.826. The predicted molar refractivity (Wildman–Crippen MR) is 97.4 cm³/mol. The third kappa shape index (κ3) is 5.36. The van der Waals surface area contributed by atoms with Gasteiger partial charge in [0.2, 0.25) is 0 Å². The highest BCUT2D eigenvalue weighted by molar-refractivity contribution is 6.31. The molecular weight excluding hydrogens is 326 g/mol. The van der Waals surface area contributed by atoms with Crippen LogP contribution < -0.4 is 10.6 Å². The highest BCUT2D eigenvalue weighted by atomic mass is 35.5. The number of carbonyl (C=O) groups is 1. The van der Waals surface area contributed by atoms with Gasteiger partial charge in [-0.25, -0.2) is 4.79 Å². The fraction of sp³-hybridized carbons (Fsp3) is 0.611. The Labute approximate surface area is 149 Å². The van der Waals surface area contributed by atoms with E-state index in [2.05, 4.69) is 29.4 Å². The molecule has 2 N–H and O–H groups in total. The molecule has 5 nitrogen and oxygen atoms in total. The Balaban J connectivity index is 1.85. The van der Waals surface area contributed by atoms with Crippen LogP contribution >= 0.6 is 11.6 Å². The van der Waals surface area contributed by atoms with Crippen LogP contribution in [-0.4, -0.2) is 49.8 Å². The number of amides is 2. The third-order valence-corrected chi connectivity index (χ3v) is 4.82. The van der Waals surface area contributed by atoms with Gasteiger partial charge in [0.15, 0.2) is 0 Å².